The van der Waals surface area contributed by atoms with E-state index >= 15 is 0 Å². The minimum Gasteiger partial charge on any atom is -0.334 e. The number of benzene rings is 2. The second-order valence-corrected chi connectivity index (χ2v) is 10.3. The summed E-state index contributed by atoms with van der Waals surface area (Å²) in [5, 5.41) is 16.2. The SMILES string of the molecule is Cc1ccccc1CSc1nnc(C(C)NC(=O)NC(C)(C)C)n1-c1cc(Cl)ccc1C. The van der Waals surface area contributed by atoms with Crippen molar-refractivity contribution in [2.75, 3.05) is 0 Å². The van der Waals surface area contributed by atoms with E-state index < -0.39 is 0 Å². The fourth-order valence-corrected chi connectivity index (χ4v) is 4.45. The highest BCUT2D eigenvalue weighted by atomic mass is 35.5. The molecule has 0 fully saturated rings. The van der Waals surface area contributed by atoms with E-state index in [1.54, 1.807) is 11.8 Å². The van der Waals surface area contributed by atoms with E-state index in [0.717, 1.165) is 22.2 Å². The van der Waals surface area contributed by atoms with Crippen LogP contribution in [0.5, 0.6) is 0 Å². The first-order valence-electron chi connectivity index (χ1n) is 10.5. The summed E-state index contributed by atoms with van der Waals surface area (Å²) in [5.74, 6) is 1.41. The van der Waals surface area contributed by atoms with Gasteiger partial charge in [0, 0.05) is 16.3 Å². The number of hydrogen-bond donors (Lipinski definition) is 2. The molecule has 1 heterocycles. The molecule has 8 heteroatoms. The second kappa shape index (κ2) is 9.96. The molecular weight excluding hydrogens is 442 g/mol. The van der Waals surface area contributed by atoms with Crippen molar-refractivity contribution in [3.8, 4) is 5.69 Å². The number of aryl methyl sites for hydroxylation is 2. The van der Waals surface area contributed by atoms with E-state index in [0.29, 0.717) is 10.8 Å². The summed E-state index contributed by atoms with van der Waals surface area (Å²) in [7, 11) is 0. The number of carbonyl (C=O) groups is 1. The van der Waals surface area contributed by atoms with Crippen LogP contribution in [0.2, 0.25) is 5.02 Å². The number of hydrogen-bond acceptors (Lipinski definition) is 4. The lowest BCUT2D eigenvalue weighted by molar-refractivity contribution is 0.228. The molecule has 2 N–H and O–H groups in total. The summed E-state index contributed by atoms with van der Waals surface area (Å²) < 4.78 is 1.99. The second-order valence-electron chi connectivity index (χ2n) is 8.89. The summed E-state index contributed by atoms with van der Waals surface area (Å²) in [6.45, 7) is 11.8. The molecule has 0 saturated heterocycles. The van der Waals surface area contributed by atoms with Crippen LogP contribution in [-0.4, -0.2) is 26.3 Å². The smallest absolute Gasteiger partial charge is 0.315 e. The summed E-state index contributed by atoms with van der Waals surface area (Å²) >= 11 is 7.94. The van der Waals surface area contributed by atoms with Gasteiger partial charge >= 0.3 is 6.03 Å². The molecule has 0 aliphatic heterocycles. The van der Waals surface area contributed by atoms with Gasteiger partial charge in [0.2, 0.25) is 0 Å². The Hall–Kier alpha value is -2.51. The number of aromatic nitrogens is 3. The zero-order valence-electron chi connectivity index (χ0n) is 19.4. The average Bonchev–Trinajstić information content (AvgIpc) is 3.11. The van der Waals surface area contributed by atoms with Gasteiger partial charge in [-0.15, -0.1) is 10.2 Å². The van der Waals surface area contributed by atoms with Crippen LogP contribution in [0.25, 0.3) is 5.69 Å². The van der Waals surface area contributed by atoms with Gasteiger partial charge in [0.1, 0.15) is 0 Å². The third-order valence-corrected chi connectivity index (χ3v) is 6.12. The normalized spacial score (nSPS) is 12.5. The monoisotopic (exact) mass is 471 g/mol. The predicted molar refractivity (Wildman–Crippen MR) is 132 cm³/mol. The minimum absolute atomic E-state index is 0.253. The minimum atomic E-state index is -0.365. The third-order valence-electron chi connectivity index (χ3n) is 4.91. The quantitative estimate of drug-likeness (QED) is 0.433. The number of rotatable bonds is 6. The molecular formula is C24H30ClN5OS. The van der Waals surface area contributed by atoms with Gasteiger partial charge in [0.25, 0.3) is 0 Å². The van der Waals surface area contributed by atoms with Crippen molar-refractivity contribution in [2.45, 2.75) is 64.0 Å². The maximum absolute atomic E-state index is 12.5. The highest BCUT2D eigenvalue weighted by Crippen LogP contribution is 2.31. The highest BCUT2D eigenvalue weighted by molar-refractivity contribution is 7.98. The first-order valence-corrected chi connectivity index (χ1v) is 11.9. The zero-order valence-corrected chi connectivity index (χ0v) is 20.9. The molecule has 6 nitrogen and oxygen atoms in total. The number of thioether (sulfide) groups is 1. The molecule has 1 aromatic heterocycles. The Morgan fingerprint density at radius 3 is 2.53 bits per heavy atom. The van der Waals surface area contributed by atoms with Crippen LogP contribution in [0.3, 0.4) is 0 Å². The van der Waals surface area contributed by atoms with E-state index in [4.69, 9.17) is 11.6 Å². The van der Waals surface area contributed by atoms with Crippen LogP contribution in [0.1, 0.15) is 56.3 Å². The molecule has 0 saturated carbocycles. The van der Waals surface area contributed by atoms with Crippen LogP contribution in [-0.2, 0) is 5.75 Å². The summed E-state index contributed by atoms with van der Waals surface area (Å²) in [5.41, 5.74) is 4.08. The van der Waals surface area contributed by atoms with Crippen LogP contribution >= 0.6 is 23.4 Å². The lowest BCUT2D eigenvalue weighted by atomic mass is 10.1. The van der Waals surface area contributed by atoms with Gasteiger partial charge < -0.3 is 10.6 Å². The standard InChI is InChI=1S/C24H30ClN5OS/c1-15-9-7-8-10-18(15)14-32-23-29-28-21(17(3)26-22(31)27-24(4,5)6)30(23)20-13-19(25)12-11-16(20)2/h7-13,17H,14H2,1-6H3,(H2,26,27,31). The number of nitrogens with zero attached hydrogens (tertiary/aromatic N) is 3. The Kier molecular flexibility index (Phi) is 7.51. The van der Waals surface area contributed by atoms with E-state index in [-0.39, 0.29) is 17.6 Å². The molecule has 3 aromatic rings. The summed E-state index contributed by atoms with van der Waals surface area (Å²) in [6.07, 6.45) is 0. The van der Waals surface area contributed by atoms with Crippen LogP contribution in [0.15, 0.2) is 47.6 Å². The fourth-order valence-electron chi connectivity index (χ4n) is 3.26. The van der Waals surface area contributed by atoms with Crippen molar-refractivity contribution >= 4 is 29.4 Å². The van der Waals surface area contributed by atoms with Crippen molar-refractivity contribution in [2.24, 2.45) is 0 Å². The number of urea groups is 1. The van der Waals surface area contributed by atoms with Gasteiger partial charge in [0.05, 0.1) is 11.7 Å². The molecule has 3 rings (SSSR count). The van der Waals surface area contributed by atoms with Crippen molar-refractivity contribution in [1.82, 2.24) is 25.4 Å². The van der Waals surface area contributed by atoms with Crippen LogP contribution in [0.4, 0.5) is 4.79 Å². The summed E-state index contributed by atoms with van der Waals surface area (Å²) in [6, 6.07) is 13.4. The number of carbonyl (C=O) groups excluding carboxylic acids is 1. The van der Waals surface area contributed by atoms with Gasteiger partial charge in [-0.2, -0.15) is 0 Å². The maximum Gasteiger partial charge on any atom is 0.315 e. The first-order chi connectivity index (χ1) is 15.0. The Bertz CT molecular complexity index is 1110. The van der Waals surface area contributed by atoms with E-state index in [1.165, 1.54) is 11.1 Å². The fraction of sp³-hybridized carbons (Fsp3) is 0.375. The van der Waals surface area contributed by atoms with E-state index in [2.05, 4.69) is 39.9 Å². The average molecular weight is 472 g/mol. The van der Waals surface area contributed by atoms with Crippen molar-refractivity contribution < 1.29 is 4.79 Å². The molecule has 1 atom stereocenters. The van der Waals surface area contributed by atoms with Crippen LogP contribution in [0, 0.1) is 13.8 Å². The molecule has 0 aliphatic carbocycles. The van der Waals surface area contributed by atoms with Crippen molar-refractivity contribution in [3.05, 3.63) is 70.0 Å². The molecule has 2 amide bonds. The lowest BCUT2D eigenvalue weighted by Gasteiger charge is -2.23. The molecule has 0 bridgehead atoms. The van der Waals surface area contributed by atoms with Crippen molar-refractivity contribution in [3.63, 3.8) is 0 Å². The van der Waals surface area contributed by atoms with Gasteiger partial charge in [-0.05, 0) is 70.4 Å². The predicted octanol–water partition coefficient (Wildman–Crippen LogP) is 5.99. The summed E-state index contributed by atoms with van der Waals surface area (Å²) in [4.78, 5) is 12.5. The molecule has 0 radical (unpaired) electrons. The Morgan fingerprint density at radius 2 is 1.84 bits per heavy atom. The van der Waals surface area contributed by atoms with Gasteiger partial charge in [0.15, 0.2) is 11.0 Å². The molecule has 1 unspecified atom stereocenters. The molecule has 0 aliphatic rings. The number of amides is 2. The maximum atomic E-state index is 12.5. The Morgan fingerprint density at radius 1 is 1.12 bits per heavy atom. The van der Waals surface area contributed by atoms with Gasteiger partial charge in [-0.3, -0.25) is 4.57 Å². The van der Waals surface area contributed by atoms with E-state index in [1.807, 2.05) is 69.5 Å². The van der Waals surface area contributed by atoms with E-state index in [9.17, 15) is 4.79 Å². The van der Waals surface area contributed by atoms with Crippen molar-refractivity contribution in [1.29, 1.82) is 0 Å². The number of halogens is 1. The largest absolute Gasteiger partial charge is 0.334 e. The first kappa shape index (κ1) is 24.1. The Balaban J connectivity index is 1.96. The third kappa shape index (κ3) is 6.04. The zero-order chi connectivity index (χ0) is 23.5. The highest BCUT2D eigenvalue weighted by Gasteiger charge is 2.23. The Labute approximate surface area is 199 Å². The van der Waals surface area contributed by atoms with Gasteiger partial charge in [-0.1, -0.05) is 53.7 Å². The number of nitrogens with one attached hydrogen (secondary N) is 2. The molecule has 0 spiro atoms. The van der Waals surface area contributed by atoms with Crippen LogP contribution < -0.4 is 10.6 Å². The molecule has 2 aromatic carbocycles. The van der Waals surface area contributed by atoms with Gasteiger partial charge in [-0.25, -0.2) is 4.79 Å². The molecule has 170 valence electrons. The topological polar surface area (TPSA) is 71.8 Å². The lowest BCUT2D eigenvalue weighted by Crippen LogP contribution is -2.47. The molecule has 32 heavy (non-hydrogen) atoms.